The molecule has 6 bridgehead atoms. The molecule has 19 heteroatoms. The molecule has 6 rings (SSSR count). The highest BCUT2D eigenvalue weighted by atomic mass is 19.4. The number of methoxy groups -OCH3 is 1. The van der Waals surface area contributed by atoms with Gasteiger partial charge in [-0.1, -0.05) is 64.5 Å². The van der Waals surface area contributed by atoms with Gasteiger partial charge < -0.3 is 33.8 Å². The number of fused-ring (bicyclic) bond motifs is 6. The number of halogens is 5. The first-order valence-corrected chi connectivity index (χ1v) is 25.7. The second-order valence-electron chi connectivity index (χ2n) is 22.1. The molecule has 3 amide bonds. The Morgan fingerprint density at radius 3 is 2.39 bits per heavy atom. The maximum atomic E-state index is 15.1. The van der Waals surface area contributed by atoms with E-state index in [2.05, 4.69) is 34.2 Å². The number of amides is 3. The molecule has 0 spiro atoms. The highest BCUT2D eigenvalue weighted by molar-refractivity contribution is 5.96. The van der Waals surface area contributed by atoms with Crippen LogP contribution in [-0.2, 0) is 52.8 Å². The highest BCUT2D eigenvalue weighted by Gasteiger charge is 2.42. The molecule has 4 heterocycles. The Labute approximate surface area is 443 Å². The van der Waals surface area contributed by atoms with E-state index in [1.54, 1.807) is 36.9 Å². The van der Waals surface area contributed by atoms with Crippen LogP contribution in [0.5, 0.6) is 0 Å². The number of hydrogen-bond acceptors (Lipinski definition) is 10. The summed E-state index contributed by atoms with van der Waals surface area (Å²) in [5.41, 5.74) is 2.46. The number of benzene rings is 2. The number of likely N-dealkylation sites (tertiary alicyclic amines) is 1. The standard InChI is InChI=1S/C57H74F5N7O7/c1-13-42(49(63-14-2)36(5)74-12)50-44-27-54(6,7)33-75-34-56(32-70)19-15-21-69(65-56)53(73)46(64-52(72)45(35(3)4)30-76-41-28-67(29-41)48(71)18-20-55(8,9)66(10)11)24-37-22-39(25-40(23-37)51(58)59)38-16-17-47(43(44)26-38)68(50)31-57(60,61)62/h13-14,16-17,22-23,25-26,32,35-36,41,45-46,51,65H,1,15,19,21,24,27-31,33-34H2,2-12H3,(H,64,72)/b49-42+,63-14?/t36-,45-,46-,56-/m0/s1. The largest absolute Gasteiger partial charge is 0.406 e. The Bertz CT molecular complexity index is 2770. The normalized spacial score (nSPS) is 21.0. The molecule has 14 nitrogen and oxygen atoms in total. The Morgan fingerprint density at radius 2 is 1.79 bits per heavy atom. The molecule has 0 saturated carbocycles. The van der Waals surface area contributed by atoms with Gasteiger partial charge in [-0.05, 0) is 119 Å². The quantitative estimate of drug-likeness (QED) is 0.0504. The summed E-state index contributed by atoms with van der Waals surface area (Å²) in [5, 5.41) is 4.61. The molecule has 0 aliphatic carbocycles. The van der Waals surface area contributed by atoms with Gasteiger partial charge in [0.15, 0.2) is 0 Å². The number of allylic oxidation sites excluding steroid dienone is 2. The summed E-state index contributed by atoms with van der Waals surface area (Å²) >= 11 is 0. The van der Waals surface area contributed by atoms with Crippen molar-refractivity contribution in [1.82, 2.24) is 30.1 Å². The van der Waals surface area contributed by atoms with Gasteiger partial charge in [0.1, 0.15) is 24.4 Å². The fourth-order valence-corrected chi connectivity index (χ4v) is 9.71. The minimum Gasteiger partial charge on any atom is -0.378 e. The van der Waals surface area contributed by atoms with Crippen LogP contribution < -0.4 is 10.7 Å². The predicted octanol–water partition coefficient (Wildman–Crippen LogP) is 8.37. The SMILES string of the molecule is C=C/C(=C(\N=CC)[C@H](C)OC)c1c2c3cc(ccc3n1CC(F)(F)F)-c1cc(cc(C(F)F)c1)C[C@H](NC(=O)[C@@H](COC1CN(C(=O)C#CC(C)(C)N(C)C)C1)C(C)C)C(=O)N1CCC[C@](C=O)(COCC(C)(C)C2)N1. The van der Waals surface area contributed by atoms with E-state index in [0.717, 1.165) is 0 Å². The molecule has 2 fully saturated rings. The Morgan fingerprint density at radius 1 is 1.08 bits per heavy atom. The number of ether oxygens (including phenoxy) is 3. The number of carbonyl (C=O) groups excluding carboxylic acids is 4. The number of rotatable bonds is 15. The number of aromatic nitrogens is 1. The lowest BCUT2D eigenvalue weighted by atomic mass is 9.83. The maximum absolute atomic E-state index is 15.1. The minimum atomic E-state index is -4.69. The minimum absolute atomic E-state index is 0.0143. The number of nitrogens with one attached hydrogen (secondary N) is 2. The molecule has 3 aliphatic rings. The van der Waals surface area contributed by atoms with Crippen molar-refractivity contribution in [3.8, 4) is 23.0 Å². The van der Waals surface area contributed by atoms with E-state index in [0.29, 0.717) is 46.1 Å². The molecule has 1 aromatic heterocycles. The van der Waals surface area contributed by atoms with Crippen molar-refractivity contribution in [2.24, 2.45) is 22.2 Å². The zero-order valence-electron chi connectivity index (χ0n) is 45.6. The molecule has 4 atom stereocenters. The summed E-state index contributed by atoms with van der Waals surface area (Å²) in [6.07, 6.45) is -4.54. The lowest BCUT2D eigenvalue weighted by Crippen LogP contribution is -2.66. The molecular weight excluding hydrogens is 990 g/mol. The second kappa shape index (κ2) is 24.3. The number of hydrogen-bond donors (Lipinski definition) is 2. The average molecular weight is 1060 g/mol. The van der Waals surface area contributed by atoms with E-state index < -0.39 is 65.5 Å². The van der Waals surface area contributed by atoms with Crippen molar-refractivity contribution in [3.63, 3.8) is 0 Å². The topological polar surface area (TPSA) is 147 Å². The Balaban J connectivity index is 1.46. The first-order chi connectivity index (χ1) is 35.6. The van der Waals surface area contributed by atoms with Gasteiger partial charge in [-0.25, -0.2) is 14.2 Å². The third-order valence-corrected chi connectivity index (χ3v) is 14.6. The summed E-state index contributed by atoms with van der Waals surface area (Å²) in [6.45, 7) is 17.8. The number of aliphatic imine (C=N–C) groups is 1. The van der Waals surface area contributed by atoms with Crippen LogP contribution in [0.1, 0.15) is 97.0 Å². The number of aldehydes is 1. The molecule has 2 N–H and O–H groups in total. The molecule has 3 aromatic rings. The van der Waals surface area contributed by atoms with Gasteiger partial charge in [-0.3, -0.25) is 29.3 Å². The van der Waals surface area contributed by atoms with E-state index >= 15 is 8.78 Å². The third-order valence-electron chi connectivity index (χ3n) is 14.6. The highest BCUT2D eigenvalue weighted by Crippen LogP contribution is 2.42. The van der Waals surface area contributed by atoms with Crippen molar-refractivity contribution in [2.75, 3.05) is 60.7 Å². The zero-order valence-corrected chi connectivity index (χ0v) is 45.6. The molecular formula is C57H74F5N7O7. The van der Waals surface area contributed by atoms with Crippen LogP contribution in [0.3, 0.4) is 0 Å². The fourth-order valence-electron chi connectivity index (χ4n) is 9.71. The number of nitrogens with zero attached hydrogens (tertiary/aromatic N) is 5. The second-order valence-corrected chi connectivity index (χ2v) is 22.1. The lowest BCUT2D eigenvalue weighted by Gasteiger charge is -2.42. The van der Waals surface area contributed by atoms with E-state index in [1.165, 1.54) is 47.2 Å². The number of alkyl halides is 5. The van der Waals surface area contributed by atoms with Gasteiger partial charge in [0.2, 0.25) is 5.91 Å². The average Bonchev–Trinajstić information content (AvgIpc) is 3.62. The van der Waals surface area contributed by atoms with E-state index in [4.69, 9.17) is 14.2 Å². The number of carbonyl (C=O) groups is 4. The summed E-state index contributed by atoms with van der Waals surface area (Å²) < 4.78 is 94.0. The van der Waals surface area contributed by atoms with Crippen LogP contribution in [0.4, 0.5) is 22.0 Å². The van der Waals surface area contributed by atoms with E-state index in [-0.39, 0.29) is 99.0 Å². The first kappa shape index (κ1) is 59.5. The fraction of sp³-hybridized carbons (Fsp3) is 0.561. The monoisotopic (exact) mass is 1060 g/mol. The molecule has 76 heavy (non-hydrogen) atoms. The van der Waals surface area contributed by atoms with E-state index in [9.17, 15) is 32.3 Å². The number of hydrazine groups is 1. The zero-order chi connectivity index (χ0) is 56.1. The van der Waals surface area contributed by atoms with Gasteiger partial charge in [0, 0.05) is 61.4 Å². The molecule has 0 radical (unpaired) electrons. The maximum Gasteiger partial charge on any atom is 0.406 e. The molecule has 2 saturated heterocycles. The lowest BCUT2D eigenvalue weighted by molar-refractivity contribution is -0.149. The third kappa shape index (κ3) is 14.0. The predicted molar refractivity (Wildman–Crippen MR) is 283 cm³/mol. The van der Waals surface area contributed by atoms with Crippen LogP contribution >= 0.6 is 0 Å². The van der Waals surface area contributed by atoms with Crippen LogP contribution in [-0.4, -0.2) is 146 Å². The first-order valence-electron chi connectivity index (χ1n) is 25.7. The summed E-state index contributed by atoms with van der Waals surface area (Å²) in [4.78, 5) is 63.4. The van der Waals surface area contributed by atoms with Crippen LogP contribution in [0.25, 0.3) is 27.6 Å². The molecule has 3 aliphatic heterocycles. The van der Waals surface area contributed by atoms with Crippen molar-refractivity contribution >= 4 is 46.7 Å². The summed E-state index contributed by atoms with van der Waals surface area (Å²) in [7, 11) is 5.21. The Hall–Kier alpha value is -5.78. The van der Waals surface area contributed by atoms with Crippen LogP contribution in [0, 0.1) is 29.1 Å². The van der Waals surface area contributed by atoms with Crippen molar-refractivity contribution < 1.29 is 55.3 Å². The van der Waals surface area contributed by atoms with E-state index in [1.807, 2.05) is 60.5 Å². The van der Waals surface area contributed by atoms with Crippen molar-refractivity contribution in [2.45, 2.75) is 130 Å². The van der Waals surface area contributed by atoms with Crippen LogP contribution in [0.2, 0.25) is 0 Å². The van der Waals surface area contributed by atoms with Crippen molar-refractivity contribution in [1.29, 1.82) is 0 Å². The molecule has 0 unspecified atom stereocenters. The van der Waals surface area contributed by atoms with Crippen molar-refractivity contribution in [3.05, 3.63) is 77.1 Å². The molecule has 414 valence electrons. The smallest absolute Gasteiger partial charge is 0.378 e. The van der Waals surface area contributed by atoms with Gasteiger partial charge >= 0.3 is 6.18 Å². The van der Waals surface area contributed by atoms with Gasteiger partial charge in [0.25, 0.3) is 18.2 Å². The van der Waals surface area contributed by atoms with Gasteiger partial charge in [-0.2, -0.15) is 13.2 Å². The van der Waals surface area contributed by atoms with Crippen LogP contribution in [0.15, 0.2) is 59.7 Å². The summed E-state index contributed by atoms with van der Waals surface area (Å²) in [5.74, 6) is 3.13. The van der Waals surface area contributed by atoms with Gasteiger partial charge in [-0.15, -0.1) is 0 Å². The molecule has 2 aromatic carbocycles. The summed E-state index contributed by atoms with van der Waals surface area (Å²) in [6, 6.07) is 7.66. The van der Waals surface area contributed by atoms with Gasteiger partial charge in [0.05, 0.1) is 54.9 Å². The Kier molecular flexibility index (Phi) is 19.0.